The van der Waals surface area contributed by atoms with Crippen molar-refractivity contribution in [1.82, 2.24) is 0 Å². The molecule has 0 aromatic heterocycles. The molecule has 36 unspecified atom stereocenters. The molecule has 0 radical (unpaired) electrons. The lowest BCUT2D eigenvalue weighted by atomic mass is 9.41. The molecule has 0 bridgehead atoms. The smallest absolute Gasteiger partial charge is 0.331 e. The van der Waals surface area contributed by atoms with Gasteiger partial charge in [-0.1, -0.05) is 56.3 Å². The summed E-state index contributed by atoms with van der Waals surface area (Å²) in [5, 5.41) is 126. The number of carbonyl (C=O) groups is 1. The lowest BCUT2D eigenvalue weighted by Gasteiger charge is -2.68. The second-order valence-electron chi connectivity index (χ2n) is 29.6. The zero-order valence-electron chi connectivity index (χ0n) is 58.6. The average Bonchev–Trinajstić information content (AvgIpc) is 1.59. The number of aliphatic hydroxyl groups excluding tert-OH is 7. The van der Waals surface area contributed by atoms with Gasteiger partial charge in [0.15, 0.2) is 37.7 Å². The molecule has 6 heterocycles. The van der Waals surface area contributed by atoms with Crippen LogP contribution in [0.5, 0.6) is 0 Å². The second kappa shape index (κ2) is 30.5. The normalized spacial score (nSPS) is 51.2. The summed E-state index contributed by atoms with van der Waals surface area (Å²) in [6.45, 7) is 13.0. The van der Waals surface area contributed by atoms with Crippen LogP contribution in [0.4, 0.5) is 0 Å². The van der Waals surface area contributed by atoms with Crippen LogP contribution >= 0.6 is 0 Å². The van der Waals surface area contributed by atoms with Crippen LogP contribution in [0.1, 0.15) is 125 Å². The van der Waals surface area contributed by atoms with Crippen LogP contribution in [0.25, 0.3) is 6.08 Å². The van der Waals surface area contributed by atoms with E-state index >= 15 is 0 Å². The van der Waals surface area contributed by atoms with Gasteiger partial charge in [0.2, 0.25) is 0 Å². The van der Waals surface area contributed by atoms with Crippen LogP contribution in [0.2, 0.25) is 0 Å². The molecule has 99 heavy (non-hydrogen) atoms. The van der Waals surface area contributed by atoms with Crippen molar-refractivity contribution >= 4 is 12.0 Å². The van der Waals surface area contributed by atoms with E-state index < -0.39 is 230 Å². The number of methoxy groups -OCH3 is 4. The summed E-state index contributed by atoms with van der Waals surface area (Å²) in [5.41, 5.74) is -9.78. The number of hydrogen-bond donors (Lipinski definition) is 11. The number of benzene rings is 1. The quantitative estimate of drug-likeness (QED) is 0.0458. The molecule has 11 rings (SSSR count). The minimum absolute atomic E-state index is 0.0443. The summed E-state index contributed by atoms with van der Waals surface area (Å²) < 4.78 is 106. The van der Waals surface area contributed by atoms with Crippen LogP contribution in [0.15, 0.2) is 48.6 Å². The standard InChI is InChI=1S/C70H108O29/c1-33-57(98-64-56(78)62(86-12)61(37(5)91-64)99-63-55(77)54(76)53(75)45(32-71)93-63)41(73)26-49(87-33)95-58-35(3)89-51(28-43(58)84-10)97-60-36(4)90-52(29-44(60)85-11)96-59-34(2)88-50(27-42(59)83-9)92-40-20-21-65(7)46-30-47(94-48(74)19-18-39-16-14-13-15-17-39)66(8)68(80,38(6)72)24-25-70(66,82)69(46,81)23-22-67(65,79)31-40/h13-19,22-23,33-38,40-47,49-64,71-73,75-82H,20-21,24-32H2,1-12H3. The molecular formula is C70H108O29. The fourth-order valence-corrected chi connectivity index (χ4v) is 18.2. The SMILES string of the molecule is COC1CC(OC2C(C)OC(OC3C(C)OC(OC4CCC5(C)C6CC(OC(=O)C=Cc7ccccc7)C7(C)C(O)(C(C)O)CCC7(O)C6(O)C=CC5(O)C4)CC3OC)CC2OC)OC(C)C1OC1CC(O)C(OC2OC(C)C(OC3OC(CO)C(O)C(O)C3O)C(OC)C2O)C(C)O1. The third-order valence-electron chi connectivity index (χ3n) is 24.1. The zero-order valence-corrected chi connectivity index (χ0v) is 58.6. The maximum Gasteiger partial charge on any atom is 0.331 e. The predicted octanol–water partition coefficient (Wildman–Crippen LogP) is 0.674. The molecule has 9 fully saturated rings. The Kier molecular flexibility index (Phi) is 23.8. The van der Waals surface area contributed by atoms with Crippen LogP contribution in [-0.2, 0) is 85.3 Å². The highest BCUT2D eigenvalue weighted by Gasteiger charge is 2.82. The minimum Gasteiger partial charge on any atom is -0.458 e. The summed E-state index contributed by atoms with van der Waals surface area (Å²) in [5.74, 6) is -1.61. The first kappa shape index (κ1) is 77.2. The van der Waals surface area contributed by atoms with Gasteiger partial charge in [0.25, 0.3) is 0 Å². The predicted molar refractivity (Wildman–Crippen MR) is 342 cm³/mol. The highest BCUT2D eigenvalue weighted by atomic mass is 16.8. The monoisotopic (exact) mass is 1410 g/mol. The van der Waals surface area contributed by atoms with Crippen molar-refractivity contribution in [3.05, 3.63) is 54.1 Å². The van der Waals surface area contributed by atoms with E-state index in [1.54, 1.807) is 54.3 Å². The number of hydrogen-bond acceptors (Lipinski definition) is 29. The molecule has 0 spiro atoms. The van der Waals surface area contributed by atoms with Crippen molar-refractivity contribution in [1.29, 1.82) is 0 Å². The summed E-state index contributed by atoms with van der Waals surface area (Å²) in [4.78, 5) is 13.7. The number of esters is 1. The molecule has 4 aliphatic carbocycles. The number of rotatable bonds is 21. The number of aliphatic hydroxyl groups is 11. The third kappa shape index (κ3) is 14.2. The van der Waals surface area contributed by atoms with E-state index in [2.05, 4.69) is 0 Å². The minimum atomic E-state index is -2.11. The molecule has 3 saturated carbocycles. The molecular weight excluding hydrogens is 1300 g/mol. The van der Waals surface area contributed by atoms with E-state index in [4.69, 9.17) is 80.5 Å². The Morgan fingerprint density at radius 3 is 1.62 bits per heavy atom. The zero-order chi connectivity index (χ0) is 71.6. The Balaban J connectivity index is 0.660. The molecule has 29 nitrogen and oxygen atoms in total. The Hall–Kier alpha value is -2.91. The van der Waals surface area contributed by atoms with Crippen LogP contribution in [-0.4, -0.2) is 298 Å². The number of ether oxygens (including phenoxy) is 17. The van der Waals surface area contributed by atoms with Gasteiger partial charge in [0.05, 0.1) is 84.8 Å². The molecule has 1 aromatic rings. The van der Waals surface area contributed by atoms with E-state index in [-0.39, 0.29) is 51.4 Å². The van der Waals surface area contributed by atoms with E-state index in [0.29, 0.717) is 12.8 Å². The van der Waals surface area contributed by atoms with Crippen LogP contribution < -0.4 is 0 Å². The first-order valence-corrected chi connectivity index (χ1v) is 35.0. The lowest BCUT2D eigenvalue weighted by Crippen LogP contribution is -2.80. The maximum atomic E-state index is 13.7. The first-order valence-electron chi connectivity index (χ1n) is 35.0. The molecule has 1 aromatic carbocycles. The molecule has 10 aliphatic rings. The summed E-state index contributed by atoms with van der Waals surface area (Å²) in [6.07, 6.45) is -21.1. The Morgan fingerprint density at radius 2 is 1.09 bits per heavy atom. The summed E-state index contributed by atoms with van der Waals surface area (Å²) in [6, 6.07) is 9.18. The highest BCUT2D eigenvalue weighted by molar-refractivity contribution is 5.87. The van der Waals surface area contributed by atoms with Crippen LogP contribution in [0, 0.1) is 16.7 Å². The van der Waals surface area contributed by atoms with Gasteiger partial charge in [-0.2, -0.15) is 0 Å². The average molecular weight is 1410 g/mol. The fourth-order valence-electron chi connectivity index (χ4n) is 18.2. The van der Waals surface area contributed by atoms with Crippen molar-refractivity contribution in [3.8, 4) is 0 Å². The molecule has 0 amide bonds. The van der Waals surface area contributed by atoms with Gasteiger partial charge in [-0.05, 0) is 85.3 Å². The second-order valence-corrected chi connectivity index (χ2v) is 29.6. The van der Waals surface area contributed by atoms with Gasteiger partial charge in [-0.25, -0.2) is 4.79 Å². The van der Waals surface area contributed by atoms with Gasteiger partial charge < -0.3 is 137 Å². The van der Waals surface area contributed by atoms with Crippen molar-refractivity contribution in [2.45, 2.75) is 320 Å². The number of carbonyl (C=O) groups excluding carboxylic acids is 1. The van der Waals surface area contributed by atoms with Gasteiger partial charge in [-0.15, -0.1) is 0 Å². The first-order chi connectivity index (χ1) is 46.8. The summed E-state index contributed by atoms with van der Waals surface area (Å²) in [7, 11) is 6.05. The Labute approximate surface area is 577 Å². The third-order valence-corrected chi connectivity index (χ3v) is 24.1. The lowest BCUT2D eigenvalue weighted by molar-refractivity contribution is -0.373. The molecule has 6 aliphatic heterocycles. The topological polar surface area (TPSA) is 397 Å². The molecule has 11 N–H and O–H groups in total. The highest BCUT2D eigenvalue weighted by Crippen LogP contribution is 2.71. The Bertz CT molecular complexity index is 2880. The van der Waals surface area contributed by atoms with E-state index in [0.717, 1.165) is 5.56 Å². The van der Waals surface area contributed by atoms with E-state index in [1.807, 2.05) is 58.0 Å². The van der Waals surface area contributed by atoms with Crippen molar-refractivity contribution < 1.29 is 141 Å². The summed E-state index contributed by atoms with van der Waals surface area (Å²) >= 11 is 0. The molecule has 6 saturated heterocycles. The van der Waals surface area contributed by atoms with Gasteiger partial charge in [0, 0.05) is 78.0 Å². The van der Waals surface area contributed by atoms with E-state index in [1.165, 1.54) is 26.2 Å². The van der Waals surface area contributed by atoms with Crippen molar-refractivity contribution in [2.24, 2.45) is 16.7 Å². The van der Waals surface area contributed by atoms with Gasteiger partial charge >= 0.3 is 5.97 Å². The van der Waals surface area contributed by atoms with E-state index in [9.17, 15) is 61.0 Å². The fraction of sp³-hybridized carbons (Fsp3) is 0.843. The largest absolute Gasteiger partial charge is 0.458 e. The van der Waals surface area contributed by atoms with Gasteiger partial charge in [-0.3, -0.25) is 0 Å². The Morgan fingerprint density at radius 1 is 0.576 bits per heavy atom. The van der Waals surface area contributed by atoms with Crippen LogP contribution in [0.3, 0.4) is 0 Å². The molecule has 562 valence electrons. The molecule has 29 heteroatoms. The maximum absolute atomic E-state index is 13.7. The van der Waals surface area contributed by atoms with Crippen molar-refractivity contribution in [3.63, 3.8) is 0 Å². The van der Waals surface area contributed by atoms with Crippen molar-refractivity contribution in [2.75, 3.05) is 35.0 Å². The van der Waals surface area contributed by atoms with Gasteiger partial charge in [0.1, 0.15) is 90.1 Å². The molecule has 36 atom stereocenters. The number of fused-ring (bicyclic) bond motifs is 5.